The van der Waals surface area contributed by atoms with Crippen LogP contribution in [0, 0.1) is 0 Å². The Labute approximate surface area is 93.5 Å². The van der Waals surface area contributed by atoms with Crippen LogP contribution < -0.4 is 8.32 Å². The molecule has 14 heavy (non-hydrogen) atoms. The third-order valence-electron chi connectivity index (χ3n) is 2.40. The van der Waals surface area contributed by atoms with Crippen molar-refractivity contribution in [2.75, 3.05) is 0 Å². The molecule has 0 aliphatic heterocycles. The molecule has 2 aromatic carbocycles. The summed E-state index contributed by atoms with van der Waals surface area (Å²) >= 11 is -2.15. The molecule has 2 rings (SSSR count). The normalized spacial score (nSPS) is 9.79. The van der Waals surface area contributed by atoms with E-state index in [2.05, 4.69) is 48.5 Å². The molecule has 0 fully saturated rings. The predicted molar refractivity (Wildman–Crippen MR) is 58.0 cm³/mol. The molecular weight excluding hydrogens is 245 g/mol. The molecule has 0 atom stereocenters. The molecule has 0 aromatic heterocycles. The fraction of sp³-hybridized carbons (Fsp3) is 0. The number of halogens is 1. The summed E-state index contributed by atoms with van der Waals surface area (Å²) in [7, 11) is 6.54. The topological polar surface area (TPSA) is 0 Å². The summed E-state index contributed by atoms with van der Waals surface area (Å²) in [5, 5.41) is 0. The summed E-state index contributed by atoms with van der Waals surface area (Å²) in [4.78, 5) is 0. The van der Waals surface area contributed by atoms with Gasteiger partial charge in [0.05, 0.1) is 0 Å². The standard InChI is InChI=1S/2C6H5.ClH.Zn/c2*1-2-4-6-5-3-1;;/h2*1-5H;1H;/q;;;+1/p-1. The van der Waals surface area contributed by atoms with Gasteiger partial charge < -0.3 is 0 Å². The SMILES string of the molecule is [Cl][Zn]([c]1ccccc1)[c]1ccccc1. The van der Waals surface area contributed by atoms with Crippen molar-refractivity contribution in [3.63, 3.8) is 0 Å². The summed E-state index contributed by atoms with van der Waals surface area (Å²) in [5.74, 6) is 0. The van der Waals surface area contributed by atoms with E-state index in [-0.39, 0.29) is 0 Å². The Balaban J connectivity index is 2.30. The summed E-state index contributed by atoms with van der Waals surface area (Å²) in [6.07, 6.45) is 0. The quantitative estimate of drug-likeness (QED) is 0.723. The van der Waals surface area contributed by atoms with Gasteiger partial charge >= 0.3 is 93.6 Å². The van der Waals surface area contributed by atoms with E-state index in [9.17, 15) is 0 Å². The van der Waals surface area contributed by atoms with Crippen molar-refractivity contribution in [1.29, 1.82) is 0 Å². The molecule has 0 unspecified atom stereocenters. The minimum atomic E-state index is -2.15. The fourth-order valence-electron chi connectivity index (χ4n) is 1.61. The Hall–Kier alpha value is -0.647. The van der Waals surface area contributed by atoms with E-state index in [1.807, 2.05) is 12.1 Å². The summed E-state index contributed by atoms with van der Waals surface area (Å²) in [6, 6.07) is 20.9. The monoisotopic (exact) mass is 253 g/mol. The third kappa shape index (κ3) is 2.23. The van der Waals surface area contributed by atoms with Crippen LogP contribution in [0.3, 0.4) is 0 Å². The second kappa shape index (κ2) is 4.73. The van der Waals surface area contributed by atoms with Crippen LogP contribution in [-0.4, -0.2) is 0 Å². The molecule has 2 heteroatoms. The van der Waals surface area contributed by atoms with Crippen molar-refractivity contribution in [3.8, 4) is 0 Å². The van der Waals surface area contributed by atoms with Gasteiger partial charge in [-0.05, 0) is 0 Å². The Bertz CT molecular complexity index is 346. The van der Waals surface area contributed by atoms with Crippen molar-refractivity contribution < 1.29 is 15.0 Å². The second-order valence-corrected chi connectivity index (χ2v) is 11.5. The average Bonchev–Trinajstić information content (AvgIpc) is 2.30. The van der Waals surface area contributed by atoms with Gasteiger partial charge in [-0.1, -0.05) is 0 Å². The van der Waals surface area contributed by atoms with Crippen molar-refractivity contribution in [2.45, 2.75) is 0 Å². The number of benzene rings is 2. The molecule has 0 aliphatic rings. The van der Waals surface area contributed by atoms with Gasteiger partial charge in [0.25, 0.3) is 0 Å². The van der Waals surface area contributed by atoms with Crippen molar-refractivity contribution in [2.24, 2.45) is 0 Å². The first kappa shape index (κ1) is 9.89. The van der Waals surface area contributed by atoms with Gasteiger partial charge in [0.2, 0.25) is 0 Å². The molecule has 0 N–H and O–H groups in total. The van der Waals surface area contributed by atoms with Crippen molar-refractivity contribution in [1.82, 2.24) is 0 Å². The Kier molecular flexibility index (Phi) is 3.34. The fourth-order valence-corrected chi connectivity index (χ4v) is 7.33. The van der Waals surface area contributed by atoms with Crippen LogP contribution in [0.2, 0.25) is 0 Å². The van der Waals surface area contributed by atoms with E-state index < -0.39 is 15.0 Å². The molecule has 2 aromatic rings. The van der Waals surface area contributed by atoms with Gasteiger partial charge in [0.1, 0.15) is 0 Å². The number of hydrogen-bond donors (Lipinski definition) is 0. The van der Waals surface area contributed by atoms with Crippen LogP contribution >= 0.6 is 9.69 Å². The van der Waals surface area contributed by atoms with E-state index in [4.69, 9.17) is 9.69 Å². The second-order valence-electron chi connectivity index (χ2n) is 3.42. The maximum atomic E-state index is 6.54. The minimum absolute atomic E-state index is 1.35. The van der Waals surface area contributed by atoms with Crippen LogP contribution in [0.15, 0.2) is 60.7 Å². The molecule has 67 valence electrons. The zero-order valence-electron chi connectivity index (χ0n) is 7.86. The Morgan fingerprint density at radius 1 is 0.643 bits per heavy atom. The molecule has 0 aliphatic carbocycles. The molecular formula is C12H10ClZn. The van der Waals surface area contributed by atoms with Crippen LogP contribution in [0.1, 0.15) is 0 Å². The van der Waals surface area contributed by atoms with Gasteiger partial charge in [-0.2, -0.15) is 0 Å². The van der Waals surface area contributed by atoms with Crippen molar-refractivity contribution in [3.05, 3.63) is 60.7 Å². The molecule has 0 heterocycles. The molecule has 0 spiro atoms. The van der Waals surface area contributed by atoms with E-state index >= 15 is 0 Å². The maximum absolute atomic E-state index is 6.54. The molecule has 0 saturated carbocycles. The summed E-state index contributed by atoms with van der Waals surface area (Å²) in [5.41, 5.74) is 0. The van der Waals surface area contributed by atoms with Crippen LogP contribution in [0.5, 0.6) is 0 Å². The van der Waals surface area contributed by atoms with E-state index in [1.165, 1.54) is 8.32 Å². The predicted octanol–water partition coefficient (Wildman–Crippen LogP) is 2.41. The first-order chi connectivity index (χ1) is 6.88. The molecule has 0 amide bonds. The third-order valence-corrected chi connectivity index (χ3v) is 10.6. The first-order valence-corrected chi connectivity index (χ1v) is 11.7. The number of rotatable bonds is 2. The van der Waals surface area contributed by atoms with Gasteiger partial charge in [-0.15, -0.1) is 0 Å². The van der Waals surface area contributed by atoms with Crippen LogP contribution in [0.25, 0.3) is 0 Å². The Morgan fingerprint density at radius 3 is 1.36 bits per heavy atom. The van der Waals surface area contributed by atoms with Gasteiger partial charge in [-0.25, -0.2) is 0 Å². The van der Waals surface area contributed by atoms with Crippen molar-refractivity contribution >= 4 is 18.0 Å². The van der Waals surface area contributed by atoms with Gasteiger partial charge in [-0.3, -0.25) is 0 Å². The molecule has 0 bridgehead atoms. The summed E-state index contributed by atoms with van der Waals surface area (Å²) in [6.45, 7) is 0. The van der Waals surface area contributed by atoms with E-state index in [1.54, 1.807) is 0 Å². The first-order valence-electron chi connectivity index (χ1n) is 4.80. The van der Waals surface area contributed by atoms with E-state index in [0.29, 0.717) is 0 Å². The average molecular weight is 255 g/mol. The molecule has 0 nitrogen and oxygen atoms in total. The Morgan fingerprint density at radius 2 is 1.00 bits per heavy atom. The van der Waals surface area contributed by atoms with E-state index in [0.717, 1.165) is 0 Å². The zero-order valence-corrected chi connectivity index (χ0v) is 11.6. The summed E-state index contributed by atoms with van der Waals surface area (Å²) < 4.78 is 2.70. The zero-order chi connectivity index (χ0) is 9.80. The number of hydrogen-bond acceptors (Lipinski definition) is 0. The van der Waals surface area contributed by atoms with Gasteiger partial charge in [0, 0.05) is 0 Å². The molecule has 0 saturated heterocycles. The van der Waals surface area contributed by atoms with Crippen LogP contribution in [0.4, 0.5) is 0 Å². The molecule has 0 radical (unpaired) electrons. The van der Waals surface area contributed by atoms with Gasteiger partial charge in [0.15, 0.2) is 0 Å². The van der Waals surface area contributed by atoms with Crippen LogP contribution in [-0.2, 0) is 15.0 Å².